The van der Waals surface area contributed by atoms with Crippen LogP contribution in [0.1, 0.15) is 58.5 Å². The van der Waals surface area contributed by atoms with Gasteiger partial charge in [-0.05, 0) is 80.4 Å². The van der Waals surface area contributed by atoms with E-state index in [9.17, 15) is 28.0 Å². The molecule has 0 aliphatic carbocycles. The maximum Gasteiger partial charge on any atom is 0.177 e. The van der Waals surface area contributed by atoms with Crippen molar-refractivity contribution in [1.29, 1.82) is 0 Å². The molecule has 4 rings (SSSR count). The van der Waals surface area contributed by atoms with Gasteiger partial charge in [-0.25, -0.2) is 8.78 Å². The number of rotatable bonds is 7. The third-order valence-electron chi connectivity index (χ3n) is 5.29. The Morgan fingerprint density at radius 2 is 1.08 bits per heavy atom. The van der Waals surface area contributed by atoms with Crippen LogP contribution in [0.4, 0.5) is 8.78 Å². The normalized spacial score (nSPS) is 10.6. The van der Waals surface area contributed by atoms with E-state index in [2.05, 4.69) is 9.97 Å². The van der Waals surface area contributed by atoms with E-state index in [1.54, 1.807) is 48.8 Å². The van der Waals surface area contributed by atoms with Crippen LogP contribution in [0, 0.1) is 11.6 Å². The van der Waals surface area contributed by atoms with Crippen LogP contribution in [0.25, 0.3) is 0 Å². The highest BCUT2D eigenvalue weighted by molar-refractivity contribution is 6.14. The molecule has 0 radical (unpaired) electrons. The second kappa shape index (κ2) is 15.5. The van der Waals surface area contributed by atoms with E-state index in [1.165, 1.54) is 69.6 Å². The fourth-order valence-electron chi connectivity index (χ4n) is 3.39. The van der Waals surface area contributed by atoms with Crippen molar-refractivity contribution in [2.24, 2.45) is 0 Å². The highest BCUT2D eigenvalue weighted by Gasteiger charge is 2.26. The van der Waals surface area contributed by atoms with Crippen molar-refractivity contribution < 1.29 is 28.0 Å². The molecule has 0 fully saturated rings. The second-order valence-electron chi connectivity index (χ2n) is 8.49. The maximum atomic E-state index is 12.9. The predicted molar refractivity (Wildman–Crippen MR) is 143 cm³/mol. The Morgan fingerprint density at radius 1 is 0.641 bits per heavy atom. The summed E-state index contributed by atoms with van der Waals surface area (Å²) in [5, 5.41) is 0. The quantitative estimate of drug-likeness (QED) is 0.214. The van der Waals surface area contributed by atoms with E-state index in [4.69, 9.17) is 0 Å². The third-order valence-corrected chi connectivity index (χ3v) is 5.29. The molecule has 1 unspecified atom stereocenters. The van der Waals surface area contributed by atoms with Crippen LogP contribution in [0.5, 0.6) is 0 Å². The average Bonchev–Trinajstić information content (AvgIpc) is 2.92. The van der Waals surface area contributed by atoms with Crippen molar-refractivity contribution in [3.63, 3.8) is 0 Å². The number of ketones is 4. The van der Waals surface area contributed by atoms with Crippen molar-refractivity contribution in [2.45, 2.75) is 33.1 Å². The fraction of sp³-hybridized carbons (Fsp3) is 0.161. The second-order valence-corrected chi connectivity index (χ2v) is 8.49. The summed E-state index contributed by atoms with van der Waals surface area (Å²) < 4.78 is 25.2. The zero-order valence-electron chi connectivity index (χ0n) is 21.8. The zero-order valence-corrected chi connectivity index (χ0v) is 21.8. The molecule has 1 atom stereocenters. The molecule has 0 aliphatic rings. The monoisotopic (exact) mass is 530 g/mol. The van der Waals surface area contributed by atoms with Gasteiger partial charge in [0.1, 0.15) is 29.1 Å². The van der Waals surface area contributed by atoms with Gasteiger partial charge in [-0.2, -0.15) is 0 Å². The van der Waals surface area contributed by atoms with Gasteiger partial charge >= 0.3 is 0 Å². The molecule has 6 nitrogen and oxygen atoms in total. The Hall–Kier alpha value is -4.72. The Morgan fingerprint density at radius 3 is 1.46 bits per heavy atom. The van der Waals surface area contributed by atoms with E-state index in [-0.39, 0.29) is 29.0 Å². The number of hydrogen-bond acceptors (Lipinski definition) is 6. The molecule has 39 heavy (non-hydrogen) atoms. The van der Waals surface area contributed by atoms with Crippen LogP contribution in [0.2, 0.25) is 0 Å². The number of nitrogens with zero attached hydrogens (tertiary/aromatic N) is 2. The minimum atomic E-state index is -0.900. The van der Waals surface area contributed by atoms with Gasteiger partial charge in [-0.1, -0.05) is 24.3 Å². The molecule has 8 heteroatoms. The first-order valence-corrected chi connectivity index (χ1v) is 11.9. The first kappa shape index (κ1) is 30.5. The number of carbonyl (C=O) groups excluding carboxylic acids is 4. The summed E-state index contributed by atoms with van der Waals surface area (Å²) >= 11 is 0. The molecule has 0 amide bonds. The van der Waals surface area contributed by atoms with Gasteiger partial charge in [-0.15, -0.1) is 0 Å². The first-order chi connectivity index (χ1) is 18.6. The number of pyridine rings is 2. The lowest BCUT2D eigenvalue weighted by Gasteiger charge is -2.13. The molecule has 0 saturated carbocycles. The number of aromatic nitrogens is 2. The van der Waals surface area contributed by atoms with Crippen molar-refractivity contribution in [3.05, 3.63) is 131 Å². The van der Waals surface area contributed by atoms with Crippen molar-refractivity contribution in [2.75, 3.05) is 0 Å². The summed E-state index contributed by atoms with van der Waals surface area (Å²) in [6.45, 7) is 4.41. The topological polar surface area (TPSA) is 94.1 Å². The largest absolute Gasteiger partial charge is 0.300 e. The fourth-order valence-corrected chi connectivity index (χ4v) is 3.39. The lowest BCUT2D eigenvalue weighted by molar-refractivity contribution is -0.117. The molecule has 0 spiro atoms. The van der Waals surface area contributed by atoms with Crippen LogP contribution < -0.4 is 0 Å². The van der Waals surface area contributed by atoms with Crippen molar-refractivity contribution in [1.82, 2.24) is 9.97 Å². The molecular weight excluding hydrogens is 502 g/mol. The van der Waals surface area contributed by atoms with Crippen LogP contribution in [0.15, 0.2) is 97.6 Å². The molecular formula is C31H28F2N2O4. The number of hydrogen-bond donors (Lipinski definition) is 0. The molecule has 0 bridgehead atoms. The summed E-state index contributed by atoms with van der Waals surface area (Å²) in [5.74, 6) is -1.97. The minimum absolute atomic E-state index is 0.0809. The Balaban J connectivity index is 0.000000226. The van der Waals surface area contributed by atoms with Crippen LogP contribution >= 0.6 is 0 Å². The summed E-state index contributed by atoms with van der Waals surface area (Å²) in [6.07, 6.45) is 6.60. The van der Waals surface area contributed by atoms with Crippen LogP contribution in [0.3, 0.4) is 0 Å². The Kier molecular flexibility index (Phi) is 12.1. The van der Waals surface area contributed by atoms with Crippen molar-refractivity contribution >= 4 is 23.1 Å². The Labute approximate surface area is 225 Å². The van der Waals surface area contributed by atoms with E-state index in [0.29, 0.717) is 23.1 Å². The average molecular weight is 531 g/mol. The molecule has 4 aromatic rings. The van der Waals surface area contributed by atoms with Gasteiger partial charge in [0.05, 0.1) is 0 Å². The Bertz CT molecular complexity index is 1380. The summed E-state index contributed by atoms with van der Waals surface area (Å²) in [4.78, 5) is 52.9. The minimum Gasteiger partial charge on any atom is -0.300 e. The van der Waals surface area contributed by atoms with Gasteiger partial charge in [-0.3, -0.25) is 29.1 Å². The molecule has 0 aliphatic heterocycles. The molecule has 2 heterocycles. The van der Waals surface area contributed by atoms with Gasteiger partial charge in [0.2, 0.25) is 0 Å². The van der Waals surface area contributed by atoms with Crippen LogP contribution in [-0.4, -0.2) is 33.1 Å². The zero-order chi connectivity index (χ0) is 28.8. The van der Waals surface area contributed by atoms with Gasteiger partial charge < -0.3 is 0 Å². The predicted octanol–water partition coefficient (Wildman–Crippen LogP) is 6.02. The molecule has 0 saturated heterocycles. The number of benzene rings is 2. The van der Waals surface area contributed by atoms with Crippen molar-refractivity contribution in [3.8, 4) is 0 Å². The summed E-state index contributed by atoms with van der Waals surface area (Å²) in [7, 11) is 0. The smallest absolute Gasteiger partial charge is 0.177 e. The summed E-state index contributed by atoms with van der Waals surface area (Å²) in [5.41, 5.74) is 2.49. The highest BCUT2D eigenvalue weighted by Crippen LogP contribution is 2.22. The lowest BCUT2D eigenvalue weighted by atomic mass is 9.88. The maximum absolute atomic E-state index is 12.9. The van der Waals surface area contributed by atoms with E-state index < -0.39 is 11.7 Å². The molecule has 2 aromatic heterocycles. The molecule has 2 aromatic carbocycles. The van der Waals surface area contributed by atoms with E-state index in [0.717, 1.165) is 5.56 Å². The number of Topliss-reactive ketones (excluding diaryl/α,β-unsaturated/α-hetero) is 4. The first-order valence-electron chi connectivity index (χ1n) is 11.9. The molecule has 0 N–H and O–H groups in total. The van der Waals surface area contributed by atoms with E-state index in [1.807, 2.05) is 0 Å². The third kappa shape index (κ3) is 10.7. The standard InChI is InChI=1S/C15H12FNO2.C9H9FO.C7H7NO/c1-10(18)14(11-2-4-13(16)5-3-11)15(19)12-6-8-17-9-7-12;1-7(11)6-8-2-4-9(10)5-3-8;1-6(9)7-2-4-8-5-3-7/h2-9,14H,1H3;2-5H,6H2,1H3;2-5H,1H3. The lowest BCUT2D eigenvalue weighted by Crippen LogP contribution is -2.20. The number of carbonyl (C=O) groups is 4. The van der Waals surface area contributed by atoms with Gasteiger partial charge in [0.15, 0.2) is 11.6 Å². The highest BCUT2D eigenvalue weighted by atomic mass is 19.1. The van der Waals surface area contributed by atoms with Crippen LogP contribution in [-0.2, 0) is 16.0 Å². The summed E-state index contributed by atoms with van der Waals surface area (Å²) in [6, 6.07) is 17.9. The van der Waals surface area contributed by atoms with Gasteiger partial charge in [0, 0.05) is 42.3 Å². The SMILES string of the molecule is CC(=O)C(C(=O)c1ccncc1)c1ccc(F)cc1.CC(=O)Cc1ccc(F)cc1.CC(=O)c1ccncc1. The number of halogens is 2. The van der Waals surface area contributed by atoms with Gasteiger partial charge in [0.25, 0.3) is 0 Å². The molecule has 200 valence electrons. The van der Waals surface area contributed by atoms with E-state index >= 15 is 0 Å².